The Labute approximate surface area is 90.5 Å². The minimum absolute atomic E-state index is 0.415. The summed E-state index contributed by atoms with van der Waals surface area (Å²) in [6.07, 6.45) is 0. The van der Waals surface area contributed by atoms with Crippen LogP contribution in [0, 0.1) is 6.92 Å². The van der Waals surface area contributed by atoms with Crippen molar-refractivity contribution in [2.75, 3.05) is 0 Å². The van der Waals surface area contributed by atoms with Crippen LogP contribution in [0.3, 0.4) is 0 Å². The first-order valence-electron chi connectivity index (χ1n) is 4.14. The molecule has 1 heterocycles. The molecule has 0 bridgehead atoms. The van der Waals surface area contributed by atoms with E-state index < -0.39 is 0 Å². The second-order valence-electron chi connectivity index (χ2n) is 2.87. The minimum atomic E-state index is 0.415. The lowest BCUT2D eigenvalue weighted by molar-refractivity contribution is 0.332. The average Bonchev–Trinajstić information content (AvgIpc) is 2.64. The van der Waals surface area contributed by atoms with Gasteiger partial charge in [-0.25, -0.2) is 0 Å². The topological polar surface area (TPSA) is 78.8 Å². The molecule has 2 rings (SSSR count). The molecule has 0 saturated heterocycles. The number of halogens is 1. The smallest absolute Gasteiger partial charge is 0.174 e. The fourth-order valence-electron chi connectivity index (χ4n) is 1.21. The van der Waals surface area contributed by atoms with Crippen LogP contribution in [0.15, 0.2) is 18.2 Å². The molecule has 0 saturated carbocycles. The normalized spacial score (nSPS) is 10.3. The van der Waals surface area contributed by atoms with Crippen molar-refractivity contribution in [2.24, 2.45) is 5.90 Å². The predicted molar refractivity (Wildman–Crippen MR) is 53.7 cm³/mol. The largest absolute Gasteiger partial charge is 0.409 e. The summed E-state index contributed by atoms with van der Waals surface area (Å²) in [7, 11) is 0. The second kappa shape index (κ2) is 3.84. The molecule has 1 aromatic heterocycles. The Kier molecular flexibility index (Phi) is 2.53. The summed E-state index contributed by atoms with van der Waals surface area (Å²) >= 11 is 5.80. The third-order valence-electron chi connectivity index (χ3n) is 1.90. The Balaban J connectivity index is 2.58. The fraction of sp³-hybridized carbons (Fsp3) is 0.125. The highest BCUT2D eigenvalue weighted by Gasteiger charge is 2.10. The molecule has 2 N–H and O–H groups in total. The van der Waals surface area contributed by atoms with E-state index in [2.05, 4.69) is 15.5 Å². The lowest BCUT2D eigenvalue weighted by Gasteiger charge is -2.07. The van der Waals surface area contributed by atoms with Crippen molar-refractivity contribution in [1.82, 2.24) is 20.2 Å². The van der Waals surface area contributed by atoms with Crippen molar-refractivity contribution in [3.63, 3.8) is 0 Å². The van der Waals surface area contributed by atoms with Crippen LogP contribution in [0.4, 0.5) is 0 Å². The van der Waals surface area contributed by atoms with Crippen molar-refractivity contribution >= 4 is 11.6 Å². The van der Waals surface area contributed by atoms with Crippen molar-refractivity contribution < 1.29 is 4.84 Å². The van der Waals surface area contributed by atoms with Gasteiger partial charge in [0.1, 0.15) is 5.69 Å². The second-order valence-corrected chi connectivity index (χ2v) is 3.30. The van der Waals surface area contributed by atoms with E-state index in [9.17, 15) is 0 Å². The maximum absolute atomic E-state index is 5.80. The number of rotatable bonds is 2. The summed E-state index contributed by atoms with van der Waals surface area (Å²) in [5.74, 6) is 6.18. The van der Waals surface area contributed by atoms with Gasteiger partial charge in [-0.1, -0.05) is 11.6 Å². The molecule has 0 spiro atoms. The van der Waals surface area contributed by atoms with Gasteiger partial charge in [-0.2, -0.15) is 10.6 Å². The summed E-state index contributed by atoms with van der Waals surface area (Å²) < 4.78 is 1.51. The van der Waals surface area contributed by atoms with E-state index in [1.165, 1.54) is 4.68 Å². The van der Waals surface area contributed by atoms with Crippen LogP contribution in [-0.2, 0) is 0 Å². The van der Waals surface area contributed by atoms with Gasteiger partial charge in [-0.05, 0) is 29.5 Å². The Morgan fingerprint density at radius 1 is 1.47 bits per heavy atom. The van der Waals surface area contributed by atoms with E-state index >= 15 is 0 Å². The van der Waals surface area contributed by atoms with Crippen LogP contribution < -0.4 is 10.7 Å². The van der Waals surface area contributed by atoms with Gasteiger partial charge >= 0.3 is 0 Å². The summed E-state index contributed by atoms with van der Waals surface area (Å²) in [6.45, 7) is 1.77. The van der Waals surface area contributed by atoms with E-state index in [1.807, 2.05) is 0 Å². The van der Waals surface area contributed by atoms with Crippen molar-refractivity contribution in [2.45, 2.75) is 6.92 Å². The number of nitrogens with two attached hydrogens (primary N) is 1. The van der Waals surface area contributed by atoms with Gasteiger partial charge in [0, 0.05) is 11.1 Å². The van der Waals surface area contributed by atoms with Gasteiger partial charge in [0.25, 0.3) is 0 Å². The Bertz CT molecular complexity index is 484. The summed E-state index contributed by atoms with van der Waals surface area (Å²) in [6, 6.07) is 5.03. The van der Waals surface area contributed by atoms with Crippen LogP contribution in [0.25, 0.3) is 5.69 Å². The Morgan fingerprint density at radius 3 is 2.87 bits per heavy atom. The van der Waals surface area contributed by atoms with E-state index in [0.29, 0.717) is 22.3 Å². The summed E-state index contributed by atoms with van der Waals surface area (Å²) in [4.78, 5) is 4.70. The van der Waals surface area contributed by atoms with Crippen LogP contribution >= 0.6 is 11.6 Å². The zero-order valence-electron chi connectivity index (χ0n) is 7.88. The molecule has 0 aliphatic rings. The molecule has 0 atom stereocenters. The number of hydrogen-bond acceptors (Lipinski definition) is 5. The van der Waals surface area contributed by atoms with Crippen LogP contribution in [0.2, 0.25) is 5.02 Å². The molecule has 0 aliphatic carbocycles. The highest BCUT2D eigenvalue weighted by molar-refractivity contribution is 6.30. The first-order chi connectivity index (χ1) is 7.22. The van der Waals surface area contributed by atoms with E-state index in [0.717, 1.165) is 0 Å². The molecule has 0 aliphatic heterocycles. The van der Waals surface area contributed by atoms with Crippen LogP contribution in [0.1, 0.15) is 5.82 Å². The molecule has 15 heavy (non-hydrogen) atoms. The van der Waals surface area contributed by atoms with Crippen molar-refractivity contribution in [3.05, 3.63) is 29.0 Å². The highest BCUT2D eigenvalue weighted by Crippen LogP contribution is 2.25. The predicted octanol–water partition coefficient (Wildman–Crippen LogP) is 0.877. The molecular formula is C8H8ClN5O. The summed E-state index contributed by atoms with van der Waals surface area (Å²) in [5.41, 5.74) is 0.643. The molecule has 78 valence electrons. The minimum Gasteiger partial charge on any atom is -0.409 e. The zero-order valence-corrected chi connectivity index (χ0v) is 8.64. The number of nitrogens with zero attached hydrogens (tertiary/aromatic N) is 4. The van der Waals surface area contributed by atoms with E-state index in [1.54, 1.807) is 25.1 Å². The number of benzene rings is 1. The first kappa shape index (κ1) is 9.88. The van der Waals surface area contributed by atoms with E-state index in [4.69, 9.17) is 22.3 Å². The third-order valence-corrected chi connectivity index (χ3v) is 2.14. The zero-order chi connectivity index (χ0) is 10.8. The molecule has 0 unspecified atom stereocenters. The molecule has 6 nitrogen and oxygen atoms in total. The summed E-state index contributed by atoms with van der Waals surface area (Å²) in [5, 5.41) is 11.6. The third kappa shape index (κ3) is 1.77. The highest BCUT2D eigenvalue weighted by atomic mass is 35.5. The lowest BCUT2D eigenvalue weighted by atomic mass is 10.3. The molecular weight excluding hydrogens is 218 g/mol. The fourth-order valence-corrected chi connectivity index (χ4v) is 1.37. The SMILES string of the molecule is Cc1nnnn1-c1ccc(Cl)cc1ON. The van der Waals surface area contributed by atoms with Crippen LogP contribution in [0.5, 0.6) is 5.75 Å². The Hall–Kier alpha value is -1.66. The molecule has 0 fully saturated rings. The van der Waals surface area contributed by atoms with Gasteiger partial charge in [-0.3, -0.25) is 0 Å². The van der Waals surface area contributed by atoms with Gasteiger partial charge in [0.2, 0.25) is 0 Å². The van der Waals surface area contributed by atoms with Crippen LogP contribution in [-0.4, -0.2) is 20.2 Å². The van der Waals surface area contributed by atoms with Gasteiger partial charge in [-0.15, -0.1) is 5.10 Å². The quantitative estimate of drug-likeness (QED) is 0.768. The average molecular weight is 226 g/mol. The number of aromatic nitrogens is 4. The molecule has 2 aromatic rings. The molecule has 0 amide bonds. The standard InChI is InChI=1S/C8H8ClN5O/c1-5-11-12-13-14(5)7-3-2-6(9)4-8(7)15-10/h2-4H,10H2,1H3. The monoisotopic (exact) mass is 225 g/mol. The van der Waals surface area contributed by atoms with Crippen molar-refractivity contribution in [1.29, 1.82) is 0 Å². The van der Waals surface area contributed by atoms with E-state index in [-0.39, 0.29) is 0 Å². The maximum atomic E-state index is 5.80. The van der Waals surface area contributed by atoms with Crippen molar-refractivity contribution in [3.8, 4) is 11.4 Å². The number of tetrazole rings is 1. The van der Waals surface area contributed by atoms with Gasteiger partial charge in [0.05, 0.1) is 0 Å². The number of hydrogen-bond donors (Lipinski definition) is 1. The van der Waals surface area contributed by atoms with Gasteiger partial charge < -0.3 is 4.84 Å². The molecule has 1 aromatic carbocycles. The number of aryl methyl sites for hydroxylation is 1. The maximum Gasteiger partial charge on any atom is 0.174 e. The molecule has 0 radical (unpaired) electrons. The Morgan fingerprint density at radius 2 is 2.27 bits per heavy atom. The van der Waals surface area contributed by atoms with Gasteiger partial charge in [0.15, 0.2) is 11.6 Å². The lowest BCUT2D eigenvalue weighted by Crippen LogP contribution is -2.08. The first-order valence-corrected chi connectivity index (χ1v) is 4.52. The molecule has 7 heteroatoms.